The molecule has 0 aliphatic rings. The van der Waals surface area contributed by atoms with E-state index >= 15 is 0 Å². The van der Waals surface area contributed by atoms with Crippen LogP contribution in [0.5, 0.6) is 0 Å². The lowest BCUT2D eigenvalue weighted by molar-refractivity contribution is -0.137. The van der Waals surface area contributed by atoms with Crippen molar-refractivity contribution in [2.75, 3.05) is 11.6 Å². The van der Waals surface area contributed by atoms with Crippen molar-refractivity contribution < 1.29 is 23.0 Å². The van der Waals surface area contributed by atoms with Crippen molar-refractivity contribution in [2.45, 2.75) is 17.6 Å². The van der Waals surface area contributed by atoms with E-state index in [-0.39, 0.29) is 11.4 Å². The number of hydrogen-bond donors (Lipinski definition) is 1. The molecule has 0 spiro atoms. The number of hydrogen-bond acceptors (Lipinski definition) is 5. The second kappa shape index (κ2) is 5.91. The minimum Gasteiger partial charge on any atom is -0.365 e. The van der Waals surface area contributed by atoms with Gasteiger partial charge in [0.2, 0.25) is 0 Å². The Hall–Kier alpha value is -2.16. The van der Waals surface area contributed by atoms with E-state index < -0.39 is 33.7 Å². The maximum absolute atomic E-state index is 12.9. The van der Waals surface area contributed by atoms with Gasteiger partial charge in [0.1, 0.15) is 19.1 Å². The molecular weight excluding hydrogens is 319 g/mol. The SMILES string of the molecule is [2H]c1ncc(C(F)(F)F)c(NCc2cccc(S(C)(=O)=O)c2)n1. The number of halogens is 3. The molecule has 0 aliphatic heterocycles. The zero-order chi connectivity index (χ0) is 17.3. The first kappa shape index (κ1) is 14.8. The van der Waals surface area contributed by atoms with E-state index in [4.69, 9.17) is 1.37 Å². The first-order valence-corrected chi connectivity index (χ1v) is 7.90. The summed E-state index contributed by atoms with van der Waals surface area (Å²) in [4.78, 5) is 6.72. The van der Waals surface area contributed by atoms with Crippen molar-refractivity contribution in [1.82, 2.24) is 9.97 Å². The molecule has 5 nitrogen and oxygen atoms in total. The van der Waals surface area contributed by atoms with Crippen molar-refractivity contribution >= 4 is 15.7 Å². The van der Waals surface area contributed by atoms with Gasteiger partial charge in [-0.3, -0.25) is 0 Å². The van der Waals surface area contributed by atoms with Gasteiger partial charge in [0.15, 0.2) is 9.84 Å². The molecule has 2 aromatic rings. The van der Waals surface area contributed by atoms with Gasteiger partial charge < -0.3 is 5.32 Å². The fourth-order valence-corrected chi connectivity index (χ4v) is 2.40. The molecule has 1 aromatic heterocycles. The smallest absolute Gasteiger partial charge is 0.365 e. The summed E-state index contributed by atoms with van der Waals surface area (Å²) in [5.41, 5.74) is -0.626. The van der Waals surface area contributed by atoms with Gasteiger partial charge in [-0.2, -0.15) is 13.2 Å². The zero-order valence-electron chi connectivity index (χ0n) is 12.3. The fourth-order valence-electron chi connectivity index (χ4n) is 1.71. The first-order chi connectivity index (χ1) is 10.6. The van der Waals surface area contributed by atoms with Gasteiger partial charge in [0.05, 0.1) is 4.90 Å². The van der Waals surface area contributed by atoms with Crippen molar-refractivity contribution in [1.29, 1.82) is 0 Å². The molecule has 0 amide bonds. The molecule has 0 fully saturated rings. The Labute approximate surface area is 126 Å². The van der Waals surface area contributed by atoms with Crippen LogP contribution in [0.15, 0.2) is 41.7 Å². The summed E-state index contributed by atoms with van der Waals surface area (Å²) in [5.74, 6) is -0.526. The molecule has 0 saturated heterocycles. The van der Waals surface area contributed by atoms with Crippen molar-refractivity contribution in [3.8, 4) is 0 Å². The van der Waals surface area contributed by atoms with Crippen LogP contribution in [-0.4, -0.2) is 24.6 Å². The quantitative estimate of drug-likeness (QED) is 0.931. The Morgan fingerprint density at radius 3 is 2.73 bits per heavy atom. The van der Waals surface area contributed by atoms with Gasteiger partial charge in [0, 0.05) is 19.0 Å². The average molecular weight is 332 g/mol. The van der Waals surface area contributed by atoms with Gasteiger partial charge in [-0.1, -0.05) is 12.1 Å². The van der Waals surface area contributed by atoms with Crippen molar-refractivity contribution in [2.24, 2.45) is 0 Å². The zero-order valence-corrected chi connectivity index (χ0v) is 12.2. The molecule has 1 heterocycles. The van der Waals surface area contributed by atoms with Gasteiger partial charge in [-0.25, -0.2) is 18.4 Å². The Morgan fingerprint density at radius 1 is 1.36 bits per heavy atom. The third kappa shape index (κ3) is 3.94. The Balaban J connectivity index is 2.27. The molecule has 0 bridgehead atoms. The van der Waals surface area contributed by atoms with Crippen LogP contribution in [-0.2, 0) is 22.6 Å². The van der Waals surface area contributed by atoms with Gasteiger partial charge in [0.25, 0.3) is 0 Å². The van der Waals surface area contributed by atoms with Crippen molar-refractivity contribution in [3.63, 3.8) is 0 Å². The maximum atomic E-state index is 12.9. The molecule has 0 unspecified atom stereocenters. The Morgan fingerprint density at radius 2 is 2.09 bits per heavy atom. The highest BCUT2D eigenvalue weighted by molar-refractivity contribution is 7.90. The summed E-state index contributed by atoms with van der Waals surface area (Å²) < 4.78 is 68.8. The second-order valence-corrected chi connectivity index (χ2v) is 6.52. The van der Waals surface area contributed by atoms with E-state index in [0.717, 1.165) is 6.26 Å². The number of sulfone groups is 1. The monoisotopic (exact) mass is 332 g/mol. The number of alkyl halides is 3. The summed E-state index contributed by atoms with van der Waals surface area (Å²) in [6, 6.07) is 5.82. The third-order valence-corrected chi connectivity index (χ3v) is 3.87. The van der Waals surface area contributed by atoms with Crippen LogP contribution in [0.25, 0.3) is 0 Å². The summed E-state index contributed by atoms with van der Waals surface area (Å²) in [6.07, 6.45) is -3.64. The van der Waals surface area contributed by atoms with E-state index in [1.165, 1.54) is 18.2 Å². The summed E-state index contributed by atoms with van der Waals surface area (Å²) in [6.45, 7) is -0.0805. The summed E-state index contributed by atoms with van der Waals surface area (Å²) in [7, 11) is -3.41. The van der Waals surface area contributed by atoms with Crippen LogP contribution < -0.4 is 5.32 Å². The molecule has 0 aliphatic carbocycles. The van der Waals surface area contributed by atoms with Gasteiger partial charge >= 0.3 is 6.18 Å². The fraction of sp³-hybridized carbons (Fsp3) is 0.231. The molecule has 0 radical (unpaired) electrons. The molecule has 22 heavy (non-hydrogen) atoms. The number of nitrogens with one attached hydrogen (secondary N) is 1. The Bertz CT molecular complexity index is 825. The number of nitrogens with zero attached hydrogens (tertiary/aromatic N) is 2. The van der Waals surface area contributed by atoms with Crippen LogP contribution in [0.3, 0.4) is 0 Å². The third-order valence-electron chi connectivity index (χ3n) is 2.76. The van der Waals surface area contributed by atoms with Crippen molar-refractivity contribution in [3.05, 3.63) is 47.9 Å². The molecule has 1 aromatic carbocycles. The van der Waals surface area contributed by atoms with Crippen LogP contribution in [0, 0.1) is 0 Å². The molecule has 0 saturated carbocycles. The first-order valence-electron chi connectivity index (χ1n) is 6.51. The standard InChI is InChI=1S/C13H12F3N3O2S/c1-22(20,21)10-4-2-3-9(5-10)6-18-12-11(13(14,15)16)7-17-8-19-12/h2-5,7-8H,6H2,1H3,(H,17,18,19)/i8D. The molecular formula is C13H12F3N3O2S. The maximum Gasteiger partial charge on any atom is 0.421 e. The van der Waals surface area contributed by atoms with Crippen LogP contribution in [0.1, 0.15) is 12.5 Å². The van der Waals surface area contributed by atoms with E-state index in [1.807, 2.05) is 0 Å². The average Bonchev–Trinajstić information content (AvgIpc) is 2.43. The molecule has 2 rings (SSSR count). The molecule has 9 heteroatoms. The minimum absolute atomic E-state index is 0.0664. The Kier molecular flexibility index (Phi) is 3.97. The van der Waals surface area contributed by atoms with Crippen LogP contribution in [0.4, 0.5) is 19.0 Å². The normalized spacial score (nSPS) is 12.8. The van der Waals surface area contributed by atoms with Crippen LogP contribution in [0.2, 0.25) is 0 Å². The number of benzene rings is 1. The highest BCUT2D eigenvalue weighted by atomic mass is 32.2. The second-order valence-electron chi connectivity index (χ2n) is 4.50. The van der Waals surface area contributed by atoms with E-state index in [2.05, 4.69) is 15.3 Å². The number of aromatic nitrogens is 2. The van der Waals surface area contributed by atoms with E-state index in [1.54, 1.807) is 6.07 Å². The van der Waals surface area contributed by atoms with Gasteiger partial charge in [-0.05, 0) is 17.7 Å². The molecule has 1 N–H and O–H groups in total. The predicted octanol–water partition coefficient (Wildman–Crippen LogP) is 2.51. The lowest BCUT2D eigenvalue weighted by Gasteiger charge is -2.12. The van der Waals surface area contributed by atoms with Crippen LogP contribution >= 0.6 is 0 Å². The van der Waals surface area contributed by atoms with E-state index in [9.17, 15) is 21.6 Å². The number of rotatable bonds is 4. The lowest BCUT2D eigenvalue weighted by atomic mass is 10.2. The summed E-state index contributed by atoms with van der Waals surface area (Å²) >= 11 is 0. The lowest BCUT2D eigenvalue weighted by Crippen LogP contribution is -2.13. The topological polar surface area (TPSA) is 72.0 Å². The number of anilines is 1. The molecule has 118 valence electrons. The van der Waals surface area contributed by atoms with Gasteiger partial charge in [-0.15, -0.1) is 0 Å². The highest BCUT2D eigenvalue weighted by Gasteiger charge is 2.34. The van der Waals surface area contributed by atoms with E-state index in [0.29, 0.717) is 11.8 Å². The molecule has 0 atom stereocenters. The highest BCUT2D eigenvalue weighted by Crippen LogP contribution is 2.33. The summed E-state index contributed by atoms with van der Waals surface area (Å²) in [5, 5.41) is 2.47. The minimum atomic E-state index is -4.66. The largest absolute Gasteiger partial charge is 0.421 e. The predicted molar refractivity (Wildman–Crippen MR) is 73.9 cm³/mol.